The summed E-state index contributed by atoms with van der Waals surface area (Å²) >= 11 is 7.96. The van der Waals surface area contributed by atoms with E-state index in [0.29, 0.717) is 11.1 Å². The number of rotatable bonds is 5. The molecule has 0 aliphatic heterocycles. The minimum absolute atomic E-state index is 0.252. The van der Waals surface area contributed by atoms with Gasteiger partial charge in [-0.25, -0.2) is 4.39 Å². The monoisotopic (exact) mass is 289 g/mol. The summed E-state index contributed by atoms with van der Waals surface area (Å²) in [6.45, 7) is 6.61. The van der Waals surface area contributed by atoms with Crippen LogP contribution in [0.4, 0.5) is 4.39 Å². The van der Waals surface area contributed by atoms with Crippen LogP contribution in [0.1, 0.15) is 26.3 Å². The first-order valence-electron chi connectivity index (χ1n) is 6.07. The zero-order valence-corrected chi connectivity index (χ0v) is 13.0. The highest BCUT2D eigenvalue weighted by atomic mass is 35.5. The van der Waals surface area contributed by atoms with Crippen molar-refractivity contribution >= 4 is 23.4 Å². The summed E-state index contributed by atoms with van der Waals surface area (Å²) in [5.41, 5.74) is 0.993. The van der Waals surface area contributed by atoms with Crippen LogP contribution in [0.2, 0.25) is 5.02 Å². The lowest BCUT2D eigenvalue weighted by atomic mass is 10.1. The molecule has 0 heterocycles. The van der Waals surface area contributed by atoms with Gasteiger partial charge >= 0.3 is 0 Å². The first-order chi connectivity index (χ1) is 8.31. The van der Waals surface area contributed by atoms with Crippen LogP contribution in [0.3, 0.4) is 0 Å². The number of halogens is 2. The largest absolute Gasteiger partial charge is 0.316 e. The Morgan fingerprint density at radius 3 is 2.56 bits per heavy atom. The summed E-state index contributed by atoms with van der Waals surface area (Å²) in [4.78, 5) is 0. The van der Waals surface area contributed by atoms with E-state index >= 15 is 0 Å². The Morgan fingerprint density at radius 2 is 2.06 bits per heavy atom. The van der Waals surface area contributed by atoms with E-state index in [2.05, 4.69) is 26.1 Å². The Hall–Kier alpha value is -0.250. The highest BCUT2D eigenvalue weighted by Crippen LogP contribution is 2.25. The Balaban J connectivity index is 2.62. The van der Waals surface area contributed by atoms with E-state index in [4.69, 9.17) is 11.6 Å². The van der Waals surface area contributed by atoms with E-state index in [1.54, 1.807) is 6.07 Å². The van der Waals surface area contributed by atoms with Gasteiger partial charge in [0, 0.05) is 21.6 Å². The molecule has 0 saturated carbocycles. The maximum Gasteiger partial charge on any atom is 0.124 e. The summed E-state index contributed by atoms with van der Waals surface area (Å²) in [6, 6.07) is 4.95. The fourth-order valence-electron chi connectivity index (χ4n) is 1.55. The SMILES string of the molecule is CNC(CSC(C)(C)C)Cc1ccc(F)cc1Cl. The van der Waals surface area contributed by atoms with Crippen LogP contribution in [-0.2, 0) is 6.42 Å². The number of likely N-dealkylation sites (N-methyl/N-ethyl adjacent to an activating group) is 1. The quantitative estimate of drug-likeness (QED) is 0.874. The van der Waals surface area contributed by atoms with Gasteiger partial charge in [0.05, 0.1) is 0 Å². The zero-order valence-electron chi connectivity index (χ0n) is 11.4. The van der Waals surface area contributed by atoms with Crippen molar-refractivity contribution in [3.05, 3.63) is 34.6 Å². The van der Waals surface area contributed by atoms with E-state index in [1.807, 2.05) is 18.8 Å². The molecule has 1 N–H and O–H groups in total. The average Bonchev–Trinajstić information content (AvgIpc) is 2.25. The minimum atomic E-state index is -0.283. The van der Waals surface area contributed by atoms with Gasteiger partial charge in [-0.2, -0.15) is 11.8 Å². The predicted octanol–water partition coefficient (Wildman–Crippen LogP) is 4.14. The van der Waals surface area contributed by atoms with Gasteiger partial charge in [0.25, 0.3) is 0 Å². The highest BCUT2D eigenvalue weighted by Gasteiger charge is 2.16. The summed E-state index contributed by atoms with van der Waals surface area (Å²) in [5, 5.41) is 3.80. The third-order valence-corrected chi connectivity index (χ3v) is 4.39. The molecule has 1 rings (SSSR count). The topological polar surface area (TPSA) is 12.0 Å². The van der Waals surface area contributed by atoms with Gasteiger partial charge in [0.2, 0.25) is 0 Å². The van der Waals surface area contributed by atoms with Crippen LogP contribution >= 0.6 is 23.4 Å². The molecule has 4 heteroatoms. The third-order valence-electron chi connectivity index (χ3n) is 2.61. The van der Waals surface area contributed by atoms with Gasteiger partial charge in [-0.05, 0) is 31.2 Å². The second-order valence-corrected chi connectivity index (χ2v) is 7.60. The first kappa shape index (κ1) is 15.8. The van der Waals surface area contributed by atoms with Crippen molar-refractivity contribution in [1.29, 1.82) is 0 Å². The van der Waals surface area contributed by atoms with E-state index in [0.717, 1.165) is 17.7 Å². The number of thioether (sulfide) groups is 1. The van der Waals surface area contributed by atoms with Gasteiger partial charge in [0.1, 0.15) is 5.82 Å². The number of hydrogen-bond acceptors (Lipinski definition) is 2. The lowest BCUT2D eigenvalue weighted by Gasteiger charge is -2.23. The molecular formula is C14H21ClFNS. The third kappa shape index (κ3) is 5.59. The molecule has 0 aromatic heterocycles. The number of hydrogen-bond donors (Lipinski definition) is 1. The van der Waals surface area contributed by atoms with Crippen molar-refractivity contribution in [2.45, 2.75) is 38.0 Å². The molecule has 1 nitrogen and oxygen atoms in total. The first-order valence-corrected chi connectivity index (χ1v) is 7.43. The van der Waals surface area contributed by atoms with Crippen LogP contribution in [0.5, 0.6) is 0 Å². The zero-order chi connectivity index (χ0) is 13.8. The molecule has 0 aliphatic carbocycles. The lowest BCUT2D eigenvalue weighted by Crippen LogP contribution is -2.31. The summed E-state index contributed by atoms with van der Waals surface area (Å²) < 4.78 is 13.2. The van der Waals surface area contributed by atoms with E-state index in [9.17, 15) is 4.39 Å². The minimum Gasteiger partial charge on any atom is -0.316 e. The molecule has 0 radical (unpaired) electrons. The fraction of sp³-hybridized carbons (Fsp3) is 0.571. The second kappa shape index (κ2) is 6.78. The van der Waals surface area contributed by atoms with Crippen molar-refractivity contribution in [2.24, 2.45) is 0 Å². The van der Waals surface area contributed by atoms with E-state index < -0.39 is 0 Å². The molecule has 1 aromatic carbocycles. The number of benzene rings is 1. The summed E-state index contributed by atoms with van der Waals surface area (Å²) in [5.74, 6) is 0.724. The van der Waals surface area contributed by atoms with Crippen LogP contribution in [0.15, 0.2) is 18.2 Å². The molecule has 1 aromatic rings. The summed E-state index contributed by atoms with van der Waals surface area (Å²) in [7, 11) is 1.95. The Labute approximate surface area is 118 Å². The van der Waals surface area contributed by atoms with Crippen molar-refractivity contribution in [1.82, 2.24) is 5.32 Å². The van der Waals surface area contributed by atoms with Crippen LogP contribution in [0, 0.1) is 5.82 Å². The van der Waals surface area contributed by atoms with E-state index in [1.165, 1.54) is 12.1 Å². The molecule has 18 heavy (non-hydrogen) atoms. The molecule has 1 unspecified atom stereocenters. The molecule has 102 valence electrons. The highest BCUT2D eigenvalue weighted by molar-refractivity contribution is 8.00. The van der Waals surface area contributed by atoms with Gasteiger partial charge in [0.15, 0.2) is 0 Å². The molecule has 0 bridgehead atoms. The average molecular weight is 290 g/mol. The van der Waals surface area contributed by atoms with Gasteiger partial charge < -0.3 is 5.32 Å². The Kier molecular flexibility index (Phi) is 5.96. The second-order valence-electron chi connectivity index (χ2n) is 5.35. The smallest absolute Gasteiger partial charge is 0.124 e. The molecule has 0 saturated heterocycles. The molecule has 0 spiro atoms. The van der Waals surface area contributed by atoms with Gasteiger partial charge in [-0.15, -0.1) is 0 Å². The standard InChI is InChI=1S/C14H21ClFNS/c1-14(2,3)18-9-12(17-4)7-10-5-6-11(16)8-13(10)15/h5-6,8,12,17H,7,9H2,1-4H3. The number of nitrogens with one attached hydrogen (secondary N) is 1. The Morgan fingerprint density at radius 1 is 1.39 bits per heavy atom. The maximum atomic E-state index is 13.0. The van der Waals surface area contributed by atoms with Crippen LogP contribution in [0.25, 0.3) is 0 Å². The van der Waals surface area contributed by atoms with Gasteiger partial charge in [-0.3, -0.25) is 0 Å². The molecule has 1 atom stereocenters. The van der Waals surface area contributed by atoms with E-state index in [-0.39, 0.29) is 10.6 Å². The van der Waals surface area contributed by atoms with Gasteiger partial charge in [-0.1, -0.05) is 38.4 Å². The van der Waals surface area contributed by atoms with Crippen LogP contribution < -0.4 is 5.32 Å². The van der Waals surface area contributed by atoms with Crippen LogP contribution in [-0.4, -0.2) is 23.6 Å². The lowest BCUT2D eigenvalue weighted by molar-refractivity contribution is 0.607. The van der Waals surface area contributed by atoms with Crippen molar-refractivity contribution in [2.75, 3.05) is 12.8 Å². The van der Waals surface area contributed by atoms with Crippen molar-refractivity contribution in [3.8, 4) is 0 Å². The Bertz CT molecular complexity index is 390. The fourth-order valence-corrected chi connectivity index (χ4v) is 2.78. The molecule has 0 aliphatic rings. The van der Waals surface area contributed by atoms with Crippen molar-refractivity contribution < 1.29 is 4.39 Å². The normalized spacial score (nSPS) is 13.7. The molecule has 0 fully saturated rings. The predicted molar refractivity (Wildman–Crippen MR) is 80.2 cm³/mol. The molecule has 0 amide bonds. The maximum absolute atomic E-state index is 13.0. The molecular weight excluding hydrogens is 269 g/mol. The summed E-state index contributed by atoms with van der Waals surface area (Å²) in [6.07, 6.45) is 0.818. The van der Waals surface area contributed by atoms with Crippen molar-refractivity contribution in [3.63, 3.8) is 0 Å².